The maximum atomic E-state index is 6.54. The molecule has 0 bridgehead atoms. The van der Waals surface area contributed by atoms with Gasteiger partial charge in [-0.25, -0.2) is 4.98 Å². The summed E-state index contributed by atoms with van der Waals surface area (Å²) in [7, 11) is 0. The second kappa shape index (κ2) is 13.4. The second-order valence-corrected chi connectivity index (χ2v) is 16.5. The fraction of sp³-hybridized carbons (Fsp3) is 0. The van der Waals surface area contributed by atoms with E-state index in [0.717, 1.165) is 99.7 Å². The number of furan rings is 1. The normalized spacial score (nSPS) is 12.1. The van der Waals surface area contributed by atoms with Crippen LogP contribution in [0.15, 0.2) is 217 Å². The lowest BCUT2D eigenvalue weighted by atomic mass is 9.94. The standard InChI is InChI=1S/C58H35N5O/c1-8-24-47-38(16-1)39-17-2-9-25-48(39)61(47)53-30-15-23-37(36-32-33-45-44-22-7-14-31-54(44)64-55(45)34-36)57(53)46-35-56(62-49-26-10-3-18-40(49)41-19-4-11-27-50(41)62)60-58(59-46)63-51-28-12-5-20-42(51)43-21-6-13-29-52(43)63/h1-35H. The largest absolute Gasteiger partial charge is 0.456 e. The quantitative estimate of drug-likeness (QED) is 0.174. The molecule has 5 aromatic heterocycles. The molecule has 0 atom stereocenters. The van der Waals surface area contributed by atoms with Crippen LogP contribution in [-0.4, -0.2) is 23.7 Å². The molecule has 0 saturated carbocycles. The van der Waals surface area contributed by atoms with E-state index in [1.807, 2.05) is 12.1 Å². The maximum Gasteiger partial charge on any atom is 0.237 e. The Bertz CT molecular complexity index is 3930. The van der Waals surface area contributed by atoms with Crippen molar-refractivity contribution in [1.29, 1.82) is 0 Å². The minimum absolute atomic E-state index is 0.586. The molecule has 0 amide bonds. The van der Waals surface area contributed by atoms with E-state index in [2.05, 4.69) is 214 Å². The number of rotatable bonds is 5. The van der Waals surface area contributed by atoms with Crippen LogP contribution in [0.25, 0.3) is 127 Å². The highest BCUT2D eigenvalue weighted by atomic mass is 16.3. The average Bonchev–Trinajstić information content (AvgIpc) is 4.10. The molecular weight excluding hydrogens is 783 g/mol. The molecule has 0 aliphatic carbocycles. The predicted octanol–water partition coefficient (Wildman–Crippen LogP) is 15.0. The van der Waals surface area contributed by atoms with Gasteiger partial charge in [-0.05, 0) is 71.8 Å². The Balaban J connectivity index is 1.15. The lowest BCUT2D eigenvalue weighted by molar-refractivity contribution is 0.669. The van der Waals surface area contributed by atoms with E-state index >= 15 is 0 Å². The number of hydrogen-bond donors (Lipinski definition) is 0. The molecule has 0 unspecified atom stereocenters. The number of hydrogen-bond acceptors (Lipinski definition) is 3. The van der Waals surface area contributed by atoms with Crippen LogP contribution in [0.3, 0.4) is 0 Å². The van der Waals surface area contributed by atoms with E-state index < -0.39 is 0 Å². The average molecular weight is 818 g/mol. The van der Waals surface area contributed by atoms with Gasteiger partial charge >= 0.3 is 0 Å². The van der Waals surface area contributed by atoms with Crippen molar-refractivity contribution in [3.8, 4) is 39.8 Å². The highest BCUT2D eigenvalue weighted by Crippen LogP contribution is 2.44. The molecule has 0 radical (unpaired) electrons. The lowest BCUT2D eigenvalue weighted by Crippen LogP contribution is -2.09. The summed E-state index contributed by atoms with van der Waals surface area (Å²) < 4.78 is 13.5. The van der Waals surface area contributed by atoms with Gasteiger partial charge in [-0.1, -0.05) is 146 Å². The number of benzene rings is 9. The highest BCUT2D eigenvalue weighted by Gasteiger charge is 2.24. The van der Waals surface area contributed by atoms with E-state index in [4.69, 9.17) is 14.4 Å². The van der Waals surface area contributed by atoms with Gasteiger partial charge in [0, 0.05) is 54.7 Å². The molecule has 14 rings (SSSR count). The number of para-hydroxylation sites is 7. The van der Waals surface area contributed by atoms with E-state index in [9.17, 15) is 0 Å². The Morgan fingerprint density at radius 2 is 0.781 bits per heavy atom. The Morgan fingerprint density at radius 1 is 0.328 bits per heavy atom. The minimum atomic E-state index is 0.586. The third-order valence-corrected chi connectivity index (χ3v) is 13.1. The van der Waals surface area contributed by atoms with E-state index in [1.54, 1.807) is 0 Å². The third kappa shape index (κ3) is 4.96. The molecule has 298 valence electrons. The van der Waals surface area contributed by atoms with Crippen molar-refractivity contribution in [2.75, 3.05) is 0 Å². The van der Waals surface area contributed by atoms with Gasteiger partial charge < -0.3 is 8.98 Å². The second-order valence-electron chi connectivity index (χ2n) is 16.5. The van der Waals surface area contributed by atoms with Crippen LogP contribution < -0.4 is 0 Å². The Kier molecular flexibility index (Phi) is 7.30. The van der Waals surface area contributed by atoms with Crippen LogP contribution in [0.4, 0.5) is 0 Å². The predicted molar refractivity (Wildman–Crippen MR) is 263 cm³/mol. The monoisotopic (exact) mass is 817 g/mol. The fourth-order valence-electron chi connectivity index (χ4n) is 10.4. The van der Waals surface area contributed by atoms with Crippen molar-refractivity contribution in [1.82, 2.24) is 23.7 Å². The molecule has 6 heteroatoms. The van der Waals surface area contributed by atoms with Crippen molar-refractivity contribution in [2.24, 2.45) is 0 Å². The molecule has 6 nitrogen and oxygen atoms in total. The summed E-state index contributed by atoms with van der Waals surface area (Å²) in [4.78, 5) is 11.3. The summed E-state index contributed by atoms with van der Waals surface area (Å²) in [6, 6.07) is 75.4. The molecule has 0 saturated heterocycles. The van der Waals surface area contributed by atoms with Crippen molar-refractivity contribution in [3.05, 3.63) is 212 Å². The molecule has 5 heterocycles. The van der Waals surface area contributed by atoms with Crippen molar-refractivity contribution in [3.63, 3.8) is 0 Å². The first kappa shape index (κ1) is 34.9. The molecule has 64 heavy (non-hydrogen) atoms. The van der Waals surface area contributed by atoms with Gasteiger partial charge in [0.2, 0.25) is 5.95 Å². The molecule has 0 spiro atoms. The van der Waals surface area contributed by atoms with Gasteiger partial charge in [-0.15, -0.1) is 0 Å². The minimum Gasteiger partial charge on any atom is -0.456 e. The maximum absolute atomic E-state index is 6.54. The van der Waals surface area contributed by atoms with Crippen molar-refractivity contribution >= 4 is 87.4 Å². The molecule has 0 aliphatic rings. The zero-order valence-electron chi connectivity index (χ0n) is 34.4. The van der Waals surface area contributed by atoms with Gasteiger partial charge in [-0.2, -0.15) is 4.98 Å². The van der Waals surface area contributed by atoms with Gasteiger partial charge in [0.25, 0.3) is 0 Å². The molecule has 14 aromatic rings. The van der Waals surface area contributed by atoms with Crippen molar-refractivity contribution in [2.45, 2.75) is 0 Å². The van der Waals surface area contributed by atoms with Gasteiger partial charge in [0.1, 0.15) is 17.0 Å². The van der Waals surface area contributed by atoms with Crippen LogP contribution in [-0.2, 0) is 0 Å². The molecule has 9 aromatic carbocycles. The summed E-state index contributed by atoms with van der Waals surface area (Å²) in [6.45, 7) is 0. The molecule has 0 N–H and O–H groups in total. The van der Waals surface area contributed by atoms with Crippen LogP contribution in [0.1, 0.15) is 0 Å². The molecule has 0 fully saturated rings. The van der Waals surface area contributed by atoms with Crippen LogP contribution in [0, 0.1) is 0 Å². The molecular formula is C58H35N5O. The third-order valence-electron chi connectivity index (χ3n) is 13.1. The van der Waals surface area contributed by atoms with Crippen LogP contribution in [0.2, 0.25) is 0 Å². The van der Waals surface area contributed by atoms with Gasteiger partial charge in [0.15, 0.2) is 0 Å². The Morgan fingerprint density at radius 3 is 1.33 bits per heavy atom. The molecule has 0 aliphatic heterocycles. The van der Waals surface area contributed by atoms with E-state index in [0.29, 0.717) is 5.95 Å². The van der Waals surface area contributed by atoms with Gasteiger partial charge in [0.05, 0.1) is 44.5 Å². The van der Waals surface area contributed by atoms with E-state index in [1.165, 1.54) is 21.5 Å². The first-order valence-corrected chi connectivity index (χ1v) is 21.7. The lowest BCUT2D eigenvalue weighted by Gasteiger charge is -2.20. The smallest absolute Gasteiger partial charge is 0.237 e. The van der Waals surface area contributed by atoms with Crippen molar-refractivity contribution < 1.29 is 4.42 Å². The summed E-state index contributed by atoms with van der Waals surface area (Å²) in [5.41, 5.74) is 13.0. The van der Waals surface area contributed by atoms with Gasteiger partial charge in [-0.3, -0.25) is 9.13 Å². The first-order valence-electron chi connectivity index (χ1n) is 21.7. The first-order chi connectivity index (χ1) is 31.8. The van der Waals surface area contributed by atoms with Crippen LogP contribution in [0.5, 0.6) is 0 Å². The summed E-state index contributed by atoms with van der Waals surface area (Å²) >= 11 is 0. The zero-order chi connectivity index (χ0) is 41.9. The summed E-state index contributed by atoms with van der Waals surface area (Å²) in [6.07, 6.45) is 0. The Labute approximate surface area is 366 Å². The number of aromatic nitrogens is 5. The Hall–Kier alpha value is -8.74. The topological polar surface area (TPSA) is 53.7 Å². The summed E-state index contributed by atoms with van der Waals surface area (Å²) in [5, 5.41) is 9.21. The zero-order valence-corrected chi connectivity index (χ0v) is 34.4. The SMILES string of the molecule is c1cc(-c2ccc3c(c2)oc2ccccc23)c(-c2cc(-n3c4ccccc4c4ccccc43)nc(-n3c4ccccc4c4ccccc43)n2)c(-n2c3ccccc3c3ccccc32)c1. The van der Waals surface area contributed by atoms with Crippen LogP contribution >= 0.6 is 0 Å². The fourth-order valence-corrected chi connectivity index (χ4v) is 10.4. The number of nitrogens with zero attached hydrogens (tertiary/aromatic N) is 5. The van der Waals surface area contributed by atoms with E-state index in [-0.39, 0.29) is 0 Å². The summed E-state index contributed by atoms with van der Waals surface area (Å²) in [5.74, 6) is 1.36. The number of fused-ring (bicyclic) bond motifs is 12. The highest BCUT2D eigenvalue weighted by molar-refractivity contribution is 6.12.